The lowest BCUT2D eigenvalue weighted by molar-refractivity contribution is -0.133. The molecule has 2 aliphatic heterocycles. The third-order valence-corrected chi connectivity index (χ3v) is 10.7. The van der Waals surface area contributed by atoms with E-state index in [-0.39, 0.29) is 23.8 Å². The molecule has 0 saturated heterocycles. The number of fused-ring (bicyclic) bond motifs is 2. The van der Waals surface area contributed by atoms with Crippen molar-refractivity contribution in [3.8, 4) is 0 Å². The van der Waals surface area contributed by atoms with Crippen molar-refractivity contribution in [1.29, 1.82) is 0 Å². The highest BCUT2D eigenvalue weighted by atomic mass is 16.6. The van der Waals surface area contributed by atoms with Crippen LogP contribution in [0.4, 0.5) is 15.3 Å². The van der Waals surface area contributed by atoms with Gasteiger partial charge >= 0.3 is 12.1 Å². The van der Waals surface area contributed by atoms with Gasteiger partial charge in [0.25, 0.3) is 5.91 Å². The Morgan fingerprint density at radius 3 is 2.36 bits per heavy atom. The lowest BCUT2D eigenvalue weighted by Gasteiger charge is -2.30. The molecule has 0 aliphatic carbocycles. The summed E-state index contributed by atoms with van der Waals surface area (Å²) in [5.74, 6) is -1.55. The van der Waals surface area contributed by atoms with Crippen LogP contribution < -0.4 is 21.3 Å². The van der Waals surface area contributed by atoms with Crippen molar-refractivity contribution in [3.63, 3.8) is 0 Å². The van der Waals surface area contributed by atoms with Crippen LogP contribution in [0.3, 0.4) is 0 Å². The van der Waals surface area contributed by atoms with Crippen LogP contribution in [-0.2, 0) is 32.2 Å². The van der Waals surface area contributed by atoms with Gasteiger partial charge in [0.2, 0.25) is 11.8 Å². The fraction of sp³-hybridized carbons (Fsp3) is 0.435. The summed E-state index contributed by atoms with van der Waals surface area (Å²) in [4.78, 5) is 75.6. The Morgan fingerprint density at radius 1 is 0.869 bits per heavy atom. The number of ether oxygens (including phenoxy) is 1. The third-order valence-electron chi connectivity index (χ3n) is 10.7. The molecule has 3 atom stereocenters. The maximum atomic E-state index is 14.0. The predicted molar refractivity (Wildman–Crippen MR) is 233 cm³/mol. The summed E-state index contributed by atoms with van der Waals surface area (Å²) < 4.78 is 5.30. The number of hydrazone groups is 1. The van der Waals surface area contributed by atoms with Crippen molar-refractivity contribution in [2.75, 3.05) is 18.4 Å². The van der Waals surface area contributed by atoms with Crippen molar-refractivity contribution in [3.05, 3.63) is 102 Å². The van der Waals surface area contributed by atoms with Crippen LogP contribution in [0, 0.1) is 5.92 Å². The van der Waals surface area contributed by atoms with Crippen molar-refractivity contribution in [2.24, 2.45) is 11.0 Å². The van der Waals surface area contributed by atoms with Gasteiger partial charge in [-0.25, -0.2) is 14.6 Å². The Kier molecular flexibility index (Phi) is 14.3. The number of rotatable bonds is 15. The number of alkyl carbamates (subject to hydrolysis) is 1. The minimum atomic E-state index is -0.866. The Labute approximate surface area is 357 Å². The highest BCUT2D eigenvalue weighted by molar-refractivity contribution is 6.06. The average molecular weight is 832 g/mol. The van der Waals surface area contributed by atoms with Gasteiger partial charge in [0.1, 0.15) is 17.7 Å². The van der Waals surface area contributed by atoms with Gasteiger partial charge in [-0.05, 0) is 99.0 Å². The molecule has 0 spiro atoms. The van der Waals surface area contributed by atoms with Crippen LogP contribution in [0.15, 0.2) is 84.4 Å². The van der Waals surface area contributed by atoms with Gasteiger partial charge in [0, 0.05) is 62.3 Å². The molecule has 4 heterocycles. The zero-order valence-electron chi connectivity index (χ0n) is 35.9. The normalized spacial score (nSPS) is 16.1. The maximum Gasteiger partial charge on any atom is 0.408 e. The standard InChI is InChI=1S/C46H57N9O6/c1-29(2)40(52-45(60)61-46(4,5)6)42(57)50-30(3)41(56)49-20-9-7-8-10-23-55-43(58)37(33-14-13-31-12-11-21-48-38(31)24-33)25-39(53-55)32-15-17-36(18-16-32)51-44(59)54-27-34-19-22-47-26-35(34)28-54/h11-19,21-22,24,26,29-30,37,40H,7-10,20,23,25,27-28H2,1-6H3,(H,49,56)(H,50,57)(H,51,59)(H,52,60)/t30-,37?,40-/m0/s1. The summed E-state index contributed by atoms with van der Waals surface area (Å²) in [6.45, 7) is 12.3. The number of urea groups is 1. The molecule has 0 bridgehead atoms. The maximum absolute atomic E-state index is 14.0. The smallest absolute Gasteiger partial charge is 0.408 e. The van der Waals surface area contributed by atoms with Crippen LogP contribution in [0.1, 0.15) is 102 Å². The molecular weight excluding hydrogens is 775 g/mol. The van der Waals surface area contributed by atoms with Crippen molar-refractivity contribution in [2.45, 2.75) is 110 Å². The SMILES string of the molecule is CC(C)[C@H](NC(=O)OC(C)(C)C)C(=O)N[C@@H](C)C(=O)NCCCCCCN1N=C(c2ccc(NC(=O)N3Cc4ccncc4C3)cc2)CC(c2ccc3cccnc3c2)C1=O. The number of unbranched alkanes of at least 4 members (excludes halogenated alkanes) is 3. The number of amides is 6. The molecule has 15 nitrogen and oxygen atoms in total. The van der Waals surface area contributed by atoms with Crippen molar-refractivity contribution in [1.82, 2.24) is 35.8 Å². The summed E-state index contributed by atoms with van der Waals surface area (Å²) in [5.41, 5.74) is 5.42. The summed E-state index contributed by atoms with van der Waals surface area (Å²) in [6, 6.07) is 17.5. The predicted octanol–water partition coefficient (Wildman–Crippen LogP) is 6.63. The summed E-state index contributed by atoms with van der Waals surface area (Å²) in [5, 5.41) is 18.6. The molecule has 0 saturated carbocycles. The largest absolute Gasteiger partial charge is 0.444 e. The first-order valence-electron chi connectivity index (χ1n) is 21.0. The zero-order chi connectivity index (χ0) is 43.7. The van der Waals surface area contributed by atoms with Gasteiger partial charge in [-0.2, -0.15) is 5.10 Å². The number of anilines is 1. The molecule has 61 heavy (non-hydrogen) atoms. The molecule has 4 aromatic rings. The van der Waals surface area contributed by atoms with E-state index in [2.05, 4.69) is 31.2 Å². The second kappa shape index (κ2) is 19.8. The minimum absolute atomic E-state index is 0.0750. The van der Waals surface area contributed by atoms with Crippen LogP contribution >= 0.6 is 0 Å². The topological polar surface area (TPSA) is 187 Å². The first-order chi connectivity index (χ1) is 29.1. The molecule has 15 heteroatoms. The van der Waals surface area contributed by atoms with Gasteiger partial charge in [0.15, 0.2) is 0 Å². The fourth-order valence-electron chi connectivity index (χ4n) is 7.35. The number of hydrogen-bond acceptors (Lipinski definition) is 9. The number of nitrogens with one attached hydrogen (secondary N) is 4. The Balaban J connectivity index is 1.01. The van der Waals surface area contributed by atoms with E-state index in [1.807, 2.05) is 60.7 Å². The van der Waals surface area contributed by atoms with Gasteiger partial charge in [0.05, 0.1) is 17.1 Å². The Bertz CT molecular complexity index is 2230. The van der Waals surface area contributed by atoms with E-state index in [0.717, 1.165) is 51.7 Å². The third kappa shape index (κ3) is 11.9. The van der Waals surface area contributed by atoms with Crippen LogP contribution in [0.25, 0.3) is 10.9 Å². The molecule has 6 rings (SSSR count). The number of nitrogens with zero attached hydrogens (tertiary/aromatic N) is 5. The van der Waals surface area contributed by atoms with E-state index in [0.29, 0.717) is 51.1 Å². The van der Waals surface area contributed by atoms with E-state index >= 15 is 0 Å². The average Bonchev–Trinajstić information content (AvgIpc) is 3.67. The molecule has 2 aromatic heterocycles. The Hall–Kier alpha value is -6.38. The van der Waals surface area contributed by atoms with Crippen LogP contribution in [0.5, 0.6) is 0 Å². The van der Waals surface area contributed by atoms with E-state index in [1.165, 1.54) is 0 Å². The molecule has 2 aliphatic rings. The van der Waals surface area contributed by atoms with Crippen molar-refractivity contribution >= 4 is 52.1 Å². The molecule has 2 aromatic carbocycles. The number of benzene rings is 2. The first kappa shape index (κ1) is 44.2. The molecular formula is C46H57N9O6. The number of pyridine rings is 2. The number of carbonyl (C=O) groups excluding carboxylic acids is 5. The second-order valence-electron chi connectivity index (χ2n) is 17.0. The van der Waals surface area contributed by atoms with E-state index in [9.17, 15) is 24.0 Å². The summed E-state index contributed by atoms with van der Waals surface area (Å²) in [6.07, 6.45) is 8.02. The second-order valence-corrected chi connectivity index (χ2v) is 17.0. The molecule has 4 N–H and O–H groups in total. The summed E-state index contributed by atoms with van der Waals surface area (Å²) in [7, 11) is 0. The molecule has 0 fully saturated rings. The molecule has 6 amide bonds. The molecule has 1 unspecified atom stereocenters. The first-order valence-corrected chi connectivity index (χ1v) is 21.0. The lowest BCUT2D eigenvalue weighted by atomic mass is 9.88. The quantitative estimate of drug-likeness (QED) is 0.0962. The minimum Gasteiger partial charge on any atom is -0.444 e. The highest BCUT2D eigenvalue weighted by Crippen LogP contribution is 2.32. The van der Waals surface area contributed by atoms with E-state index in [4.69, 9.17) is 9.84 Å². The van der Waals surface area contributed by atoms with Crippen molar-refractivity contribution < 1.29 is 28.7 Å². The van der Waals surface area contributed by atoms with Crippen LogP contribution in [-0.4, -0.2) is 86.2 Å². The van der Waals surface area contributed by atoms with E-state index < -0.39 is 35.6 Å². The highest BCUT2D eigenvalue weighted by Gasteiger charge is 2.33. The lowest BCUT2D eigenvalue weighted by Crippen LogP contribution is -2.55. The van der Waals surface area contributed by atoms with Gasteiger partial charge in [-0.1, -0.05) is 57.0 Å². The fourth-order valence-corrected chi connectivity index (χ4v) is 7.35. The Morgan fingerprint density at radius 2 is 1.62 bits per heavy atom. The zero-order valence-corrected chi connectivity index (χ0v) is 35.9. The summed E-state index contributed by atoms with van der Waals surface area (Å²) >= 11 is 0. The van der Waals surface area contributed by atoms with E-state index in [1.54, 1.807) is 70.0 Å². The molecule has 0 radical (unpaired) electrons. The molecule has 322 valence electrons. The van der Waals surface area contributed by atoms with Gasteiger partial charge in [-0.3, -0.25) is 24.4 Å². The van der Waals surface area contributed by atoms with Crippen LogP contribution in [0.2, 0.25) is 0 Å². The number of hydrogen-bond donors (Lipinski definition) is 4. The number of carbonyl (C=O) groups is 5. The monoisotopic (exact) mass is 831 g/mol. The van der Waals surface area contributed by atoms with Gasteiger partial charge < -0.3 is 30.9 Å². The van der Waals surface area contributed by atoms with Gasteiger partial charge in [-0.15, -0.1) is 0 Å². The number of aromatic nitrogens is 2.